The van der Waals surface area contributed by atoms with Crippen molar-refractivity contribution in [1.29, 1.82) is 0 Å². The van der Waals surface area contributed by atoms with Crippen LogP contribution in [0.2, 0.25) is 15.1 Å². The lowest BCUT2D eigenvalue weighted by atomic mass is 10.2. The minimum absolute atomic E-state index is 0.136. The molecule has 0 radical (unpaired) electrons. The number of hydrazone groups is 1. The third-order valence-electron chi connectivity index (χ3n) is 4.49. The van der Waals surface area contributed by atoms with Crippen LogP contribution in [0.4, 0.5) is 0 Å². The Morgan fingerprint density at radius 1 is 1.00 bits per heavy atom. The van der Waals surface area contributed by atoms with E-state index in [1.54, 1.807) is 36.4 Å². The Balaban J connectivity index is 1.42. The molecule has 1 amide bonds. The van der Waals surface area contributed by atoms with Crippen LogP contribution in [-0.2, 0) is 6.61 Å². The minimum Gasteiger partial charge on any atom is -0.486 e. The van der Waals surface area contributed by atoms with Gasteiger partial charge in [0.25, 0.3) is 0 Å². The van der Waals surface area contributed by atoms with Gasteiger partial charge < -0.3 is 9.15 Å². The quantitative estimate of drug-likeness (QED) is 0.172. The summed E-state index contributed by atoms with van der Waals surface area (Å²) in [6.07, 6.45) is 1.51. The molecule has 1 aromatic heterocycles. The van der Waals surface area contributed by atoms with Gasteiger partial charge >= 0.3 is 5.91 Å². The summed E-state index contributed by atoms with van der Waals surface area (Å²) in [5, 5.41) is 6.40. The molecule has 1 N–H and O–H groups in total. The number of amides is 1. The first kappa shape index (κ1) is 24.1. The fourth-order valence-electron chi connectivity index (χ4n) is 2.93. The van der Waals surface area contributed by atoms with Crippen LogP contribution in [0.5, 0.6) is 5.75 Å². The number of carbonyl (C=O) groups is 1. The van der Waals surface area contributed by atoms with Gasteiger partial charge in [-0.25, -0.2) is 5.43 Å². The van der Waals surface area contributed by atoms with Gasteiger partial charge in [-0.3, -0.25) is 4.79 Å². The molecule has 0 saturated heterocycles. The first-order valence-corrected chi connectivity index (χ1v) is 12.1. The summed E-state index contributed by atoms with van der Waals surface area (Å²) in [6, 6.07) is 15.6. The predicted molar refractivity (Wildman–Crippen MR) is 139 cm³/mol. The number of halogens is 5. The summed E-state index contributed by atoms with van der Waals surface area (Å²) in [5.41, 5.74) is 4.55. The second kappa shape index (κ2) is 10.5. The normalized spacial score (nSPS) is 11.3. The molecule has 33 heavy (non-hydrogen) atoms. The van der Waals surface area contributed by atoms with Gasteiger partial charge in [-0.1, -0.05) is 40.9 Å². The lowest BCUT2D eigenvalue weighted by Gasteiger charge is -2.12. The van der Waals surface area contributed by atoms with Gasteiger partial charge in [-0.05, 0) is 86.0 Å². The maximum Gasteiger partial charge on any atom is 0.307 e. The number of ether oxygens (including phenoxy) is 1. The second-order valence-electron chi connectivity index (χ2n) is 6.83. The number of fused-ring (bicyclic) bond motifs is 1. The monoisotopic (exact) mass is 628 g/mol. The molecule has 0 unspecified atom stereocenters. The van der Waals surface area contributed by atoms with Crippen molar-refractivity contribution in [2.24, 2.45) is 5.10 Å². The molecule has 0 fully saturated rings. The average molecular weight is 632 g/mol. The van der Waals surface area contributed by atoms with E-state index in [0.29, 0.717) is 35.3 Å². The van der Waals surface area contributed by atoms with E-state index < -0.39 is 5.91 Å². The lowest BCUT2D eigenvalue weighted by molar-refractivity contribution is 0.0929. The summed E-state index contributed by atoms with van der Waals surface area (Å²) in [7, 11) is 0. The molecule has 0 spiro atoms. The highest BCUT2D eigenvalue weighted by molar-refractivity contribution is 9.11. The maximum atomic E-state index is 12.3. The van der Waals surface area contributed by atoms with Crippen LogP contribution in [0.25, 0.3) is 11.0 Å². The lowest BCUT2D eigenvalue weighted by Crippen LogP contribution is -2.16. The zero-order valence-electron chi connectivity index (χ0n) is 16.5. The topological polar surface area (TPSA) is 63.8 Å². The number of furan rings is 1. The molecule has 0 aliphatic rings. The van der Waals surface area contributed by atoms with Crippen LogP contribution in [0, 0.1) is 0 Å². The maximum absolute atomic E-state index is 12.3. The summed E-state index contributed by atoms with van der Waals surface area (Å²) >= 11 is 25.1. The van der Waals surface area contributed by atoms with E-state index in [0.717, 1.165) is 16.5 Å². The van der Waals surface area contributed by atoms with E-state index >= 15 is 0 Å². The second-order valence-corrected chi connectivity index (χ2v) is 9.82. The largest absolute Gasteiger partial charge is 0.486 e. The van der Waals surface area contributed by atoms with Gasteiger partial charge in [0, 0.05) is 26.0 Å². The highest BCUT2D eigenvalue weighted by Gasteiger charge is 2.13. The van der Waals surface area contributed by atoms with Gasteiger partial charge in [0.1, 0.15) is 17.9 Å². The number of nitrogens with zero attached hydrogens (tertiary/aromatic N) is 1. The Morgan fingerprint density at radius 3 is 2.42 bits per heavy atom. The average Bonchev–Trinajstić information content (AvgIpc) is 3.18. The van der Waals surface area contributed by atoms with E-state index in [1.165, 1.54) is 6.21 Å². The Morgan fingerprint density at radius 2 is 1.70 bits per heavy atom. The molecule has 168 valence electrons. The fourth-order valence-corrected chi connectivity index (χ4v) is 5.02. The molecule has 4 aromatic rings. The third kappa shape index (κ3) is 5.91. The zero-order chi connectivity index (χ0) is 23.5. The van der Waals surface area contributed by atoms with Crippen molar-refractivity contribution in [3.8, 4) is 5.75 Å². The fraction of sp³-hybridized carbons (Fsp3) is 0.0435. The third-order valence-corrected chi connectivity index (χ3v) is 6.49. The molecule has 1 heterocycles. The van der Waals surface area contributed by atoms with Crippen LogP contribution in [0.3, 0.4) is 0 Å². The molecule has 0 saturated carbocycles. The molecule has 0 atom stereocenters. The van der Waals surface area contributed by atoms with Gasteiger partial charge in [0.15, 0.2) is 5.76 Å². The standard InChI is InChI=1S/C23H13Br2Cl3N2O3/c24-17-5-12(6-18(25)22(17)32-11-13-1-2-16(27)9-19(13)28)10-29-30-23(31)21-8-14-7-15(26)3-4-20(14)33-21/h1-10H,11H2,(H,30,31)/b29-10+. The Labute approximate surface area is 220 Å². The van der Waals surface area contributed by atoms with Gasteiger partial charge in [0.05, 0.1) is 15.2 Å². The number of carbonyl (C=O) groups excluding carboxylic acids is 1. The molecular weight excluding hydrogens is 618 g/mol. The van der Waals surface area contributed by atoms with Crippen LogP contribution < -0.4 is 10.2 Å². The van der Waals surface area contributed by atoms with E-state index in [9.17, 15) is 4.79 Å². The molecule has 0 bridgehead atoms. The summed E-state index contributed by atoms with van der Waals surface area (Å²) in [6.45, 7) is 0.263. The van der Waals surface area contributed by atoms with Crippen LogP contribution in [0.15, 0.2) is 73.1 Å². The number of hydrogen-bond acceptors (Lipinski definition) is 4. The van der Waals surface area contributed by atoms with Crippen molar-refractivity contribution >= 4 is 89.8 Å². The molecule has 3 aromatic carbocycles. The van der Waals surface area contributed by atoms with Crippen LogP contribution in [0.1, 0.15) is 21.7 Å². The van der Waals surface area contributed by atoms with Crippen molar-refractivity contribution in [3.63, 3.8) is 0 Å². The van der Waals surface area contributed by atoms with Crippen molar-refractivity contribution in [1.82, 2.24) is 5.43 Å². The van der Waals surface area contributed by atoms with Crippen molar-refractivity contribution in [2.75, 3.05) is 0 Å². The van der Waals surface area contributed by atoms with E-state index in [4.69, 9.17) is 44.0 Å². The summed E-state index contributed by atoms with van der Waals surface area (Å²) in [5.74, 6) is 0.260. The van der Waals surface area contributed by atoms with E-state index in [1.807, 2.05) is 18.2 Å². The van der Waals surface area contributed by atoms with E-state index in [2.05, 4.69) is 42.4 Å². The van der Waals surface area contributed by atoms with Crippen molar-refractivity contribution in [3.05, 3.63) is 95.5 Å². The molecule has 10 heteroatoms. The van der Waals surface area contributed by atoms with Crippen molar-refractivity contribution < 1.29 is 13.9 Å². The SMILES string of the molecule is O=C(N/N=C/c1cc(Br)c(OCc2ccc(Cl)cc2Cl)c(Br)c1)c1cc2cc(Cl)ccc2o1. The minimum atomic E-state index is -0.475. The van der Waals surface area contributed by atoms with Crippen molar-refractivity contribution in [2.45, 2.75) is 6.61 Å². The highest BCUT2D eigenvalue weighted by Crippen LogP contribution is 2.35. The Bertz CT molecular complexity index is 1370. The smallest absolute Gasteiger partial charge is 0.307 e. The Hall–Kier alpha value is -2.03. The molecule has 5 nitrogen and oxygen atoms in total. The predicted octanol–water partition coefficient (Wildman–Crippen LogP) is 8.26. The number of benzene rings is 3. The number of rotatable bonds is 6. The van der Waals surface area contributed by atoms with Gasteiger partial charge in [0.2, 0.25) is 0 Å². The summed E-state index contributed by atoms with van der Waals surface area (Å²) in [4.78, 5) is 12.3. The Kier molecular flexibility index (Phi) is 7.66. The molecular formula is C23H13Br2Cl3N2O3. The number of hydrogen-bond donors (Lipinski definition) is 1. The first-order valence-electron chi connectivity index (χ1n) is 9.38. The van der Waals surface area contributed by atoms with E-state index in [-0.39, 0.29) is 12.4 Å². The highest BCUT2D eigenvalue weighted by atomic mass is 79.9. The first-order chi connectivity index (χ1) is 15.8. The molecule has 4 rings (SSSR count). The van der Waals surface area contributed by atoms with Gasteiger partial charge in [-0.2, -0.15) is 5.10 Å². The number of nitrogens with one attached hydrogen (secondary N) is 1. The molecule has 0 aliphatic heterocycles. The van der Waals surface area contributed by atoms with Gasteiger partial charge in [-0.15, -0.1) is 0 Å². The van der Waals surface area contributed by atoms with Crippen LogP contribution >= 0.6 is 66.7 Å². The molecule has 0 aliphatic carbocycles. The summed E-state index contributed by atoms with van der Waals surface area (Å²) < 4.78 is 12.8. The van der Waals surface area contributed by atoms with Crippen LogP contribution in [-0.4, -0.2) is 12.1 Å². The zero-order valence-corrected chi connectivity index (χ0v) is 22.0.